The van der Waals surface area contributed by atoms with Crippen molar-refractivity contribution in [3.05, 3.63) is 48.0 Å². The molecule has 1 aliphatic heterocycles. The molecule has 0 spiro atoms. The summed E-state index contributed by atoms with van der Waals surface area (Å²) < 4.78 is 52.3. The highest BCUT2D eigenvalue weighted by Crippen LogP contribution is 2.30. The SMILES string of the molecule is CCOc1cc(C(=O)Nc2cccc(OC(F)(F)F)c2)ccc1OCC(=O)N1CCCCC1. The number of piperidine rings is 1. The minimum atomic E-state index is -4.83. The topological polar surface area (TPSA) is 77.1 Å². The molecule has 2 aromatic rings. The number of carbonyl (C=O) groups excluding carboxylic acids is 2. The minimum Gasteiger partial charge on any atom is -0.490 e. The van der Waals surface area contributed by atoms with E-state index in [4.69, 9.17) is 9.47 Å². The fourth-order valence-corrected chi connectivity index (χ4v) is 3.39. The molecule has 2 amide bonds. The highest BCUT2D eigenvalue weighted by molar-refractivity contribution is 6.04. The lowest BCUT2D eigenvalue weighted by molar-refractivity contribution is -0.274. The largest absolute Gasteiger partial charge is 0.573 e. The third-order valence-electron chi connectivity index (χ3n) is 4.89. The van der Waals surface area contributed by atoms with Gasteiger partial charge < -0.3 is 24.4 Å². The molecule has 0 aliphatic carbocycles. The molecule has 0 aromatic heterocycles. The van der Waals surface area contributed by atoms with E-state index in [9.17, 15) is 22.8 Å². The van der Waals surface area contributed by atoms with Gasteiger partial charge in [-0.3, -0.25) is 9.59 Å². The summed E-state index contributed by atoms with van der Waals surface area (Å²) in [6, 6.07) is 9.43. The van der Waals surface area contributed by atoms with Crippen LogP contribution in [0.25, 0.3) is 0 Å². The molecule has 10 heteroatoms. The number of ether oxygens (including phenoxy) is 3. The Morgan fingerprint density at radius 1 is 1.00 bits per heavy atom. The summed E-state index contributed by atoms with van der Waals surface area (Å²) >= 11 is 0. The van der Waals surface area contributed by atoms with Crippen molar-refractivity contribution in [3.8, 4) is 17.2 Å². The molecule has 0 bridgehead atoms. The van der Waals surface area contributed by atoms with Crippen LogP contribution in [0.1, 0.15) is 36.5 Å². The summed E-state index contributed by atoms with van der Waals surface area (Å²) in [6.07, 6.45) is -1.77. The maximum atomic E-state index is 12.6. The van der Waals surface area contributed by atoms with Crippen molar-refractivity contribution in [2.24, 2.45) is 0 Å². The van der Waals surface area contributed by atoms with Gasteiger partial charge in [-0.15, -0.1) is 13.2 Å². The number of nitrogens with zero attached hydrogens (tertiary/aromatic N) is 1. The second-order valence-corrected chi connectivity index (χ2v) is 7.35. The summed E-state index contributed by atoms with van der Waals surface area (Å²) in [6.45, 7) is 3.36. The average Bonchev–Trinajstić information content (AvgIpc) is 2.78. The van der Waals surface area contributed by atoms with Gasteiger partial charge >= 0.3 is 6.36 Å². The van der Waals surface area contributed by atoms with E-state index >= 15 is 0 Å². The Kier molecular flexibility index (Phi) is 8.02. The van der Waals surface area contributed by atoms with Crippen LogP contribution in [0.15, 0.2) is 42.5 Å². The van der Waals surface area contributed by atoms with Crippen molar-refractivity contribution in [3.63, 3.8) is 0 Å². The van der Waals surface area contributed by atoms with Gasteiger partial charge in [-0.2, -0.15) is 0 Å². The monoisotopic (exact) mass is 466 g/mol. The van der Waals surface area contributed by atoms with E-state index in [2.05, 4.69) is 10.1 Å². The first-order valence-corrected chi connectivity index (χ1v) is 10.6. The van der Waals surface area contributed by atoms with Crippen LogP contribution < -0.4 is 19.5 Å². The van der Waals surface area contributed by atoms with Crippen LogP contribution in [0.3, 0.4) is 0 Å². The highest BCUT2D eigenvalue weighted by atomic mass is 19.4. The Labute approximate surface area is 189 Å². The molecule has 1 saturated heterocycles. The predicted molar refractivity (Wildman–Crippen MR) is 115 cm³/mol. The summed E-state index contributed by atoms with van der Waals surface area (Å²) in [5.74, 6) is -0.515. The summed E-state index contributed by atoms with van der Waals surface area (Å²) in [4.78, 5) is 26.7. The first-order chi connectivity index (χ1) is 15.7. The zero-order valence-corrected chi connectivity index (χ0v) is 18.1. The lowest BCUT2D eigenvalue weighted by Gasteiger charge is -2.26. The Morgan fingerprint density at radius 3 is 2.45 bits per heavy atom. The molecule has 0 radical (unpaired) electrons. The van der Waals surface area contributed by atoms with Crippen LogP contribution >= 0.6 is 0 Å². The van der Waals surface area contributed by atoms with Crippen LogP contribution in [0.4, 0.5) is 18.9 Å². The fraction of sp³-hybridized carbons (Fsp3) is 0.391. The van der Waals surface area contributed by atoms with Gasteiger partial charge in [0, 0.05) is 30.4 Å². The second kappa shape index (κ2) is 10.9. The van der Waals surface area contributed by atoms with E-state index in [1.807, 2.05) is 0 Å². The number of halogens is 3. The highest BCUT2D eigenvalue weighted by Gasteiger charge is 2.31. The number of amides is 2. The van der Waals surface area contributed by atoms with Crippen molar-refractivity contribution in [2.75, 3.05) is 31.6 Å². The van der Waals surface area contributed by atoms with Crippen molar-refractivity contribution >= 4 is 17.5 Å². The molecule has 178 valence electrons. The molecule has 0 atom stereocenters. The zero-order chi connectivity index (χ0) is 23.8. The molecule has 1 N–H and O–H groups in total. The number of anilines is 1. The molecule has 1 aliphatic rings. The Hall–Kier alpha value is -3.43. The number of hydrogen-bond donors (Lipinski definition) is 1. The average molecular weight is 466 g/mol. The normalized spacial score (nSPS) is 13.9. The molecule has 1 fully saturated rings. The van der Waals surface area contributed by atoms with Gasteiger partial charge in [0.1, 0.15) is 5.75 Å². The van der Waals surface area contributed by atoms with E-state index < -0.39 is 18.0 Å². The predicted octanol–water partition coefficient (Wildman–Crippen LogP) is 4.63. The molecule has 0 unspecified atom stereocenters. The van der Waals surface area contributed by atoms with Gasteiger partial charge in [-0.25, -0.2) is 0 Å². The molecule has 33 heavy (non-hydrogen) atoms. The third-order valence-corrected chi connectivity index (χ3v) is 4.89. The number of carbonyl (C=O) groups is 2. The number of likely N-dealkylation sites (tertiary alicyclic amines) is 1. The smallest absolute Gasteiger partial charge is 0.490 e. The number of alkyl halides is 3. The quantitative estimate of drug-likeness (QED) is 0.614. The molecule has 2 aromatic carbocycles. The fourth-order valence-electron chi connectivity index (χ4n) is 3.39. The third kappa shape index (κ3) is 7.30. The van der Waals surface area contributed by atoms with Crippen LogP contribution in [0.5, 0.6) is 17.2 Å². The number of nitrogens with one attached hydrogen (secondary N) is 1. The molecular weight excluding hydrogens is 441 g/mol. The van der Waals surface area contributed by atoms with Crippen LogP contribution in [0, 0.1) is 0 Å². The van der Waals surface area contributed by atoms with Crippen molar-refractivity contribution in [1.82, 2.24) is 4.90 Å². The Balaban J connectivity index is 1.67. The van der Waals surface area contributed by atoms with Gasteiger partial charge in [0.2, 0.25) is 0 Å². The van der Waals surface area contributed by atoms with Gasteiger partial charge in [-0.05, 0) is 56.5 Å². The van der Waals surface area contributed by atoms with Gasteiger partial charge in [0.05, 0.1) is 6.61 Å². The van der Waals surface area contributed by atoms with Gasteiger partial charge in [0.25, 0.3) is 11.8 Å². The van der Waals surface area contributed by atoms with E-state index in [-0.39, 0.29) is 29.5 Å². The Bertz CT molecular complexity index is 975. The van der Waals surface area contributed by atoms with Crippen LogP contribution in [0.2, 0.25) is 0 Å². The number of benzene rings is 2. The summed E-state index contributed by atoms with van der Waals surface area (Å²) in [7, 11) is 0. The molecule has 1 heterocycles. The summed E-state index contributed by atoms with van der Waals surface area (Å²) in [5.41, 5.74) is 0.336. The molecule has 0 saturated carbocycles. The van der Waals surface area contributed by atoms with E-state index in [0.29, 0.717) is 12.4 Å². The molecule has 3 rings (SSSR count). The standard InChI is InChI=1S/C23H25F3N2O5/c1-2-31-20-13-16(9-10-19(20)32-15-21(29)28-11-4-3-5-12-28)22(30)27-17-7-6-8-18(14-17)33-23(24,25)26/h6-10,13-14H,2-5,11-12,15H2,1H3,(H,27,30). The summed E-state index contributed by atoms with van der Waals surface area (Å²) in [5, 5.41) is 2.52. The van der Waals surface area contributed by atoms with Crippen LogP contribution in [-0.2, 0) is 4.79 Å². The van der Waals surface area contributed by atoms with Crippen LogP contribution in [-0.4, -0.2) is 49.4 Å². The lowest BCUT2D eigenvalue weighted by atomic mass is 10.1. The first-order valence-electron chi connectivity index (χ1n) is 10.6. The maximum Gasteiger partial charge on any atom is 0.573 e. The zero-order valence-electron chi connectivity index (χ0n) is 18.1. The molecule has 7 nitrogen and oxygen atoms in total. The van der Waals surface area contributed by atoms with E-state index in [0.717, 1.165) is 44.5 Å². The number of rotatable bonds is 8. The van der Waals surface area contributed by atoms with E-state index in [1.54, 1.807) is 11.8 Å². The minimum absolute atomic E-state index is 0.111. The first kappa shape index (κ1) is 24.2. The lowest BCUT2D eigenvalue weighted by Crippen LogP contribution is -2.38. The second-order valence-electron chi connectivity index (χ2n) is 7.35. The van der Waals surface area contributed by atoms with Crippen molar-refractivity contribution < 1.29 is 37.0 Å². The van der Waals surface area contributed by atoms with Crippen molar-refractivity contribution in [2.45, 2.75) is 32.5 Å². The maximum absolute atomic E-state index is 12.6. The number of hydrogen-bond acceptors (Lipinski definition) is 5. The van der Waals surface area contributed by atoms with E-state index in [1.165, 1.54) is 30.3 Å². The van der Waals surface area contributed by atoms with Gasteiger partial charge in [-0.1, -0.05) is 6.07 Å². The molecular formula is C23H25F3N2O5. The van der Waals surface area contributed by atoms with Gasteiger partial charge in [0.15, 0.2) is 18.1 Å². The van der Waals surface area contributed by atoms with Crippen molar-refractivity contribution in [1.29, 1.82) is 0 Å². The Morgan fingerprint density at radius 2 is 1.76 bits per heavy atom.